The molecule has 0 unspecified atom stereocenters. The Morgan fingerprint density at radius 3 is 2.80 bits per heavy atom. The van der Waals surface area contributed by atoms with Crippen LogP contribution in [0.2, 0.25) is 0 Å². The van der Waals surface area contributed by atoms with E-state index in [0.29, 0.717) is 5.82 Å². The molecule has 72 valence electrons. The van der Waals surface area contributed by atoms with Gasteiger partial charge in [-0.15, -0.1) is 5.10 Å². The number of fused-ring (bicyclic) bond motifs is 1. The van der Waals surface area contributed by atoms with Crippen LogP contribution in [0.5, 0.6) is 0 Å². The molecule has 0 saturated carbocycles. The average molecular weight is 196 g/mol. The first-order valence-corrected chi connectivity index (χ1v) is 4.64. The van der Waals surface area contributed by atoms with Gasteiger partial charge in [0.25, 0.3) is 0 Å². The third-order valence-corrected chi connectivity index (χ3v) is 2.24. The molecule has 0 N–H and O–H groups in total. The lowest BCUT2D eigenvalue weighted by atomic mass is 10.3. The van der Waals surface area contributed by atoms with E-state index in [1.54, 1.807) is 12.5 Å². The van der Waals surface area contributed by atoms with Gasteiger partial charge < -0.3 is 4.57 Å². The zero-order chi connectivity index (χ0) is 10.1. The second kappa shape index (κ2) is 3.16. The van der Waals surface area contributed by atoms with Gasteiger partial charge in [-0.25, -0.2) is 4.98 Å². The molecule has 0 spiro atoms. The molecule has 4 heteroatoms. The van der Waals surface area contributed by atoms with Gasteiger partial charge in [-0.2, -0.15) is 5.10 Å². The minimum absolute atomic E-state index is 0.683. The Morgan fingerprint density at radius 2 is 1.93 bits per heavy atom. The van der Waals surface area contributed by atoms with E-state index in [9.17, 15) is 0 Å². The summed E-state index contributed by atoms with van der Waals surface area (Å²) in [5.41, 5.74) is 2.02. The van der Waals surface area contributed by atoms with Gasteiger partial charge in [-0.05, 0) is 12.1 Å². The number of para-hydroxylation sites is 1. The summed E-state index contributed by atoms with van der Waals surface area (Å²) in [5.74, 6) is 0.683. The maximum atomic E-state index is 4.21. The summed E-state index contributed by atoms with van der Waals surface area (Å²) >= 11 is 0. The minimum Gasteiger partial charge on any atom is -0.307 e. The van der Waals surface area contributed by atoms with Crippen molar-refractivity contribution in [2.24, 2.45) is 0 Å². The first-order valence-electron chi connectivity index (χ1n) is 4.64. The number of hydrogen-bond acceptors (Lipinski definition) is 3. The van der Waals surface area contributed by atoms with Gasteiger partial charge in [0.2, 0.25) is 0 Å². The van der Waals surface area contributed by atoms with Gasteiger partial charge in [-0.3, -0.25) is 0 Å². The van der Waals surface area contributed by atoms with Crippen LogP contribution in [0.1, 0.15) is 0 Å². The first-order chi connectivity index (χ1) is 7.43. The lowest BCUT2D eigenvalue weighted by Gasteiger charge is -2.06. The van der Waals surface area contributed by atoms with Crippen molar-refractivity contribution < 1.29 is 0 Å². The topological polar surface area (TPSA) is 43.6 Å². The Hall–Kier alpha value is -2.23. The second-order valence-corrected chi connectivity index (χ2v) is 3.24. The monoisotopic (exact) mass is 196 g/mol. The van der Waals surface area contributed by atoms with Crippen LogP contribution in [0, 0.1) is 0 Å². The van der Waals surface area contributed by atoms with E-state index >= 15 is 0 Å². The minimum atomic E-state index is 0.683. The van der Waals surface area contributed by atoms with Crippen LogP contribution in [0.3, 0.4) is 0 Å². The van der Waals surface area contributed by atoms with Crippen molar-refractivity contribution in [2.45, 2.75) is 0 Å². The Bertz CT molecular complexity index is 544. The summed E-state index contributed by atoms with van der Waals surface area (Å²) in [6.45, 7) is 0. The SMILES string of the molecule is c1ccc(-n2cnc3nncc-3c2)cc1. The van der Waals surface area contributed by atoms with E-state index in [1.807, 2.05) is 41.1 Å². The summed E-state index contributed by atoms with van der Waals surface area (Å²) in [4.78, 5) is 4.21. The molecular formula is C11H8N4. The van der Waals surface area contributed by atoms with E-state index in [4.69, 9.17) is 0 Å². The number of nitrogens with zero attached hydrogens (tertiary/aromatic N) is 4. The smallest absolute Gasteiger partial charge is 0.186 e. The maximum absolute atomic E-state index is 4.21. The fraction of sp³-hybridized carbons (Fsp3) is 0. The van der Waals surface area contributed by atoms with Gasteiger partial charge in [0.15, 0.2) is 5.82 Å². The summed E-state index contributed by atoms with van der Waals surface area (Å²) in [6, 6.07) is 10.0. The molecule has 0 bridgehead atoms. The highest BCUT2D eigenvalue weighted by molar-refractivity contribution is 5.53. The third-order valence-electron chi connectivity index (χ3n) is 2.24. The molecule has 0 atom stereocenters. The Morgan fingerprint density at radius 1 is 1.07 bits per heavy atom. The van der Waals surface area contributed by atoms with Gasteiger partial charge in [0.05, 0.1) is 11.8 Å². The Balaban J connectivity index is 2.17. The number of hydrogen-bond donors (Lipinski definition) is 0. The van der Waals surface area contributed by atoms with Crippen LogP contribution in [-0.2, 0) is 0 Å². The molecule has 0 amide bonds. The van der Waals surface area contributed by atoms with Crippen LogP contribution in [0.15, 0.2) is 49.1 Å². The van der Waals surface area contributed by atoms with Crippen molar-refractivity contribution in [3.63, 3.8) is 0 Å². The summed E-state index contributed by atoms with van der Waals surface area (Å²) in [5, 5.41) is 7.69. The zero-order valence-electron chi connectivity index (χ0n) is 7.91. The van der Waals surface area contributed by atoms with Gasteiger partial charge in [-0.1, -0.05) is 18.2 Å². The Labute approximate surface area is 86.6 Å². The third kappa shape index (κ3) is 1.36. The highest BCUT2D eigenvalue weighted by Gasteiger charge is 2.06. The first kappa shape index (κ1) is 8.11. The average Bonchev–Trinajstić information content (AvgIpc) is 2.77. The maximum Gasteiger partial charge on any atom is 0.186 e. The summed E-state index contributed by atoms with van der Waals surface area (Å²) in [7, 11) is 0. The Kier molecular flexibility index (Phi) is 1.71. The van der Waals surface area contributed by atoms with E-state index in [1.165, 1.54) is 0 Å². The summed E-state index contributed by atoms with van der Waals surface area (Å²) in [6.07, 6.45) is 5.42. The number of aromatic nitrogens is 4. The van der Waals surface area contributed by atoms with E-state index in [0.717, 1.165) is 11.3 Å². The molecule has 1 aromatic rings. The van der Waals surface area contributed by atoms with Gasteiger partial charge >= 0.3 is 0 Å². The fourth-order valence-corrected chi connectivity index (χ4v) is 1.49. The van der Waals surface area contributed by atoms with Crippen LogP contribution in [-0.4, -0.2) is 19.7 Å². The van der Waals surface area contributed by atoms with Crippen molar-refractivity contribution >= 4 is 0 Å². The highest BCUT2D eigenvalue weighted by Crippen LogP contribution is 2.16. The number of benzene rings is 1. The molecule has 0 saturated heterocycles. The standard InChI is InChI=1S/C11H8N4/c1-2-4-10(5-3-1)15-7-9-6-13-14-11(9)12-8-15/h1-8H. The molecule has 0 aromatic heterocycles. The van der Waals surface area contributed by atoms with Crippen LogP contribution in [0.4, 0.5) is 0 Å². The fourth-order valence-electron chi connectivity index (χ4n) is 1.49. The van der Waals surface area contributed by atoms with Crippen molar-refractivity contribution in [3.05, 3.63) is 49.1 Å². The van der Waals surface area contributed by atoms with E-state index in [-0.39, 0.29) is 0 Å². The molecule has 2 aliphatic heterocycles. The van der Waals surface area contributed by atoms with E-state index < -0.39 is 0 Å². The molecule has 0 aliphatic carbocycles. The second-order valence-electron chi connectivity index (χ2n) is 3.24. The van der Waals surface area contributed by atoms with Gasteiger partial charge in [0, 0.05) is 11.9 Å². The molecule has 15 heavy (non-hydrogen) atoms. The van der Waals surface area contributed by atoms with Crippen LogP contribution < -0.4 is 0 Å². The number of rotatable bonds is 1. The molecule has 3 rings (SSSR count). The van der Waals surface area contributed by atoms with Crippen molar-refractivity contribution in [1.29, 1.82) is 0 Å². The molecule has 0 fully saturated rings. The lowest BCUT2D eigenvalue weighted by molar-refractivity contribution is 0.965. The molecule has 4 nitrogen and oxygen atoms in total. The predicted octanol–water partition coefficient (Wildman–Crippen LogP) is 1.77. The predicted molar refractivity (Wildman–Crippen MR) is 55.8 cm³/mol. The largest absolute Gasteiger partial charge is 0.307 e. The molecular weight excluding hydrogens is 188 g/mol. The van der Waals surface area contributed by atoms with Crippen molar-refractivity contribution in [2.75, 3.05) is 0 Å². The zero-order valence-corrected chi connectivity index (χ0v) is 7.91. The lowest BCUT2D eigenvalue weighted by Crippen LogP contribution is -1.97. The molecule has 2 heterocycles. The highest BCUT2D eigenvalue weighted by atomic mass is 15.2. The molecule has 0 radical (unpaired) electrons. The van der Waals surface area contributed by atoms with Gasteiger partial charge in [0.1, 0.15) is 6.33 Å². The molecule has 2 aliphatic rings. The van der Waals surface area contributed by atoms with Crippen LogP contribution in [0.25, 0.3) is 17.1 Å². The van der Waals surface area contributed by atoms with E-state index in [2.05, 4.69) is 15.2 Å². The van der Waals surface area contributed by atoms with Crippen LogP contribution >= 0.6 is 0 Å². The quantitative estimate of drug-likeness (QED) is 0.595. The summed E-state index contributed by atoms with van der Waals surface area (Å²) < 4.78 is 1.95. The van der Waals surface area contributed by atoms with Crippen molar-refractivity contribution in [1.82, 2.24) is 19.7 Å². The normalized spacial score (nSPS) is 10.7. The van der Waals surface area contributed by atoms with Crippen molar-refractivity contribution in [3.8, 4) is 17.1 Å². The molecule has 1 aromatic carbocycles.